The van der Waals surface area contributed by atoms with Crippen molar-refractivity contribution in [2.45, 2.75) is 18.9 Å². The van der Waals surface area contributed by atoms with Gasteiger partial charge in [-0.15, -0.1) is 0 Å². The Morgan fingerprint density at radius 1 is 1.11 bits per heavy atom. The van der Waals surface area contributed by atoms with Gasteiger partial charge >= 0.3 is 0 Å². The molecule has 3 rings (SSSR count). The largest absolute Gasteiger partial charge is 0.495 e. The molecular weight excluding hydrogens is 367 g/mol. The Labute approximate surface area is 162 Å². The van der Waals surface area contributed by atoms with Crippen LogP contribution in [-0.2, 0) is 9.59 Å². The fraction of sp³-hybridized carbons (Fsp3) is 0.300. The summed E-state index contributed by atoms with van der Waals surface area (Å²) in [5.41, 5.74) is 0.395. The first-order chi connectivity index (χ1) is 13.4. The van der Waals surface area contributed by atoms with Crippen LogP contribution in [0.15, 0.2) is 36.4 Å². The number of rotatable bonds is 6. The quantitative estimate of drug-likeness (QED) is 0.822. The Bertz CT molecular complexity index is 902. The van der Waals surface area contributed by atoms with Crippen LogP contribution in [0.4, 0.5) is 10.1 Å². The number of carbonyl (C=O) groups excluding carboxylic acids is 2. The van der Waals surface area contributed by atoms with Crippen LogP contribution >= 0.6 is 0 Å². The number of hydrogen-bond donors (Lipinski definition) is 1. The molecule has 1 aliphatic rings. The van der Waals surface area contributed by atoms with Gasteiger partial charge in [0.1, 0.15) is 23.3 Å². The average molecular weight is 388 g/mol. The van der Waals surface area contributed by atoms with Crippen molar-refractivity contribution in [2.75, 3.05) is 26.6 Å². The molecule has 2 aromatic rings. The second kappa shape index (κ2) is 8.16. The van der Waals surface area contributed by atoms with E-state index in [0.29, 0.717) is 30.0 Å². The zero-order valence-electron chi connectivity index (χ0n) is 15.8. The molecule has 1 aliphatic heterocycles. The molecule has 0 spiro atoms. The Kier molecular flexibility index (Phi) is 5.67. The van der Waals surface area contributed by atoms with Crippen molar-refractivity contribution in [3.8, 4) is 23.0 Å². The first kappa shape index (κ1) is 19.5. The van der Waals surface area contributed by atoms with Crippen LogP contribution < -0.4 is 19.5 Å². The molecule has 1 atom stereocenters. The van der Waals surface area contributed by atoms with Crippen molar-refractivity contribution in [2.24, 2.45) is 0 Å². The summed E-state index contributed by atoms with van der Waals surface area (Å²) in [6.45, 7) is 0. The number of methoxy groups -OCH3 is 2. The third kappa shape index (κ3) is 4.00. The van der Waals surface area contributed by atoms with Crippen LogP contribution in [0.2, 0.25) is 0 Å². The molecule has 0 bridgehead atoms. The normalized spacial score (nSPS) is 16.1. The predicted molar refractivity (Wildman–Crippen MR) is 100 cm³/mol. The van der Waals surface area contributed by atoms with Crippen molar-refractivity contribution >= 4 is 17.5 Å². The molecule has 7 nitrogen and oxygen atoms in total. The number of benzene rings is 2. The zero-order chi connectivity index (χ0) is 20.3. The summed E-state index contributed by atoms with van der Waals surface area (Å²) in [4.78, 5) is 25.6. The second-order valence-corrected chi connectivity index (χ2v) is 6.31. The lowest BCUT2D eigenvalue weighted by atomic mass is 10.2. The lowest BCUT2D eigenvalue weighted by molar-refractivity contribution is -0.131. The third-order valence-electron chi connectivity index (χ3n) is 4.58. The molecule has 2 aromatic carbocycles. The van der Waals surface area contributed by atoms with Crippen molar-refractivity contribution in [3.05, 3.63) is 42.2 Å². The number of nitrogens with one attached hydrogen (secondary N) is 1. The molecule has 1 heterocycles. The van der Waals surface area contributed by atoms with Crippen LogP contribution in [0.1, 0.15) is 12.8 Å². The van der Waals surface area contributed by atoms with Crippen molar-refractivity contribution < 1.29 is 28.2 Å². The van der Waals surface area contributed by atoms with E-state index in [9.17, 15) is 14.0 Å². The van der Waals surface area contributed by atoms with E-state index in [0.717, 1.165) is 0 Å². The Morgan fingerprint density at radius 3 is 2.32 bits per heavy atom. The maximum atomic E-state index is 13.9. The van der Waals surface area contributed by atoms with E-state index in [-0.39, 0.29) is 23.3 Å². The highest BCUT2D eigenvalue weighted by atomic mass is 19.1. The van der Waals surface area contributed by atoms with E-state index in [1.54, 1.807) is 31.3 Å². The Morgan fingerprint density at radius 2 is 1.75 bits per heavy atom. The predicted octanol–water partition coefficient (Wildman–Crippen LogP) is 3.19. The molecule has 0 aromatic heterocycles. The standard InChI is InChI=1S/C20H21FN2O5/c1-23-16(6-9-19(23)24)20(25)22-15-11-13(5-8-18(15)27-3)28-12-4-7-17(26-2)14(21)10-12/h4-5,7-8,10-11,16H,6,9H2,1-3H3,(H,22,25). The summed E-state index contributed by atoms with van der Waals surface area (Å²) in [6.07, 6.45) is 0.808. The highest BCUT2D eigenvalue weighted by molar-refractivity contribution is 5.99. The molecular formula is C20H21FN2O5. The minimum Gasteiger partial charge on any atom is -0.495 e. The van der Waals surface area contributed by atoms with E-state index in [4.69, 9.17) is 14.2 Å². The van der Waals surface area contributed by atoms with Crippen molar-refractivity contribution in [1.82, 2.24) is 4.90 Å². The molecule has 0 saturated carbocycles. The molecule has 148 valence electrons. The molecule has 1 saturated heterocycles. The fourth-order valence-electron chi connectivity index (χ4n) is 3.02. The topological polar surface area (TPSA) is 77.1 Å². The van der Waals surface area contributed by atoms with Gasteiger partial charge < -0.3 is 24.4 Å². The van der Waals surface area contributed by atoms with Gasteiger partial charge in [0.25, 0.3) is 0 Å². The highest BCUT2D eigenvalue weighted by Crippen LogP contribution is 2.33. The molecule has 8 heteroatoms. The Hall–Kier alpha value is -3.29. The minimum atomic E-state index is -0.545. The van der Waals surface area contributed by atoms with Gasteiger partial charge in [-0.1, -0.05) is 0 Å². The summed E-state index contributed by atoms with van der Waals surface area (Å²) >= 11 is 0. The first-order valence-electron chi connectivity index (χ1n) is 8.69. The van der Waals surface area contributed by atoms with E-state index in [2.05, 4.69) is 5.32 Å². The molecule has 1 N–H and O–H groups in total. The summed E-state index contributed by atoms with van der Waals surface area (Å²) in [6, 6.07) is 8.57. The number of ether oxygens (including phenoxy) is 3. The maximum Gasteiger partial charge on any atom is 0.247 e. The number of hydrogen-bond acceptors (Lipinski definition) is 5. The van der Waals surface area contributed by atoms with E-state index in [1.165, 1.54) is 31.3 Å². The van der Waals surface area contributed by atoms with E-state index in [1.807, 2.05) is 0 Å². The molecule has 2 amide bonds. The molecule has 1 fully saturated rings. The number of carbonyl (C=O) groups is 2. The lowest BCUT2D eigenvalue weighted by Gasteiger charge is -2.20. The van der Waals surface area contributed by atoms with E-state index >= 15 is 0 Å². The summed E-state index contributed by atoms with van der Waals surface area (Å²) in [7, 11) is 4.47. The van der Waals surface area contributed by atoms with Gasteiger partial charge in [0.05, 0.1) is 19.9 Å². The first-order valence-corrected chi connectivity index (χ1v) is 8.69. The van der Waals surface area contributed by atoms with E-state index < -0.39 is 11.9 Å². The molecule has 0 radical (unpaired) electrons. The number of likely N-dealkylation sites (N-methyl/N-ethyl adjacent to an activating group) is 1. The summed E-state index contributed by atoms with van der Waals surface area (Å²) in [5, 5.41) is 2.78. The number of amides is 2. The minimum absolute atomic E-state index is 0.0641. The van der Waals surface area contributed by atoms with Crippen molar-refractivity contribution in [3.63, 3.8) is 0 Å². The Balaban J connectivity index is 1.79. The molecule has 0 aliphatic carbocycles. The average Bonchev–Trinajstić information content (AvgIpc) is 3.01. The van der Waals surface area contributed by atoms with Crippen LogP contribution in [-0.4, -0.2) is 44.0 Å². The van der Waals surface area contributed by atoms with Gasteiger partial charge in [0, 0.05) is 25.6 Å². The lowest BCUT2D eigenvalue weighted by Crippen LogP contribution is -2.38. The monoisotopic (exact) mass is 388 g/mol. The number of halogens is 1. The van der Waals surface area contributed by atoms with Gasteiger partial charge in [-0.2, -0.15) is 0 Å². The van der Waals surface area contributed by atoms with Crippen LogP contribution in [0.3, 0.4) is 0 Å². The van der Waals surface area contributed by atoms with Gasteiger partial charge in [0.2, 0.25) is 11.8 Å². The van der Waals surface area contributed by atoms with Crippen LogP contribution in [0.25, 0.3) is 0 Å². The SMILES string of the molecule is COc1ccc(Oc2ccc(OC)c(NC(=O)C3CCC(=O)N3C)c2)cc1F. The van der Waals surface area contributed by atoms with Gasteiger partial charge in [-0.05, 0) is 30.7 Å². The number of nitrogens with zero attached hydrogens (tertiary/aromatic N) is 1. The maximum absolute atomic E-state index is 13.9. The second-order valence-electron chi connectivity index (χ2n) is 6.31. The molecule has 1 unspecified atom stereocenters. The van der Waals surface area contributed by atoms with Crippen LogP contribution in [0.5, 0.6) is 23.0 Å². The number of likely N-dealkylation sites (tertiary alicyclic amines) is 1. The third-order valence-corrected chi connectivity index (χ3v) is 4.58. The van der Waals surface area contributed by atoms with Gasteiger partial charge in [-0.25, -0.2) is 4.39 Å². The summed E-state index contributed by atoms with van der Waals surface area (Å²) in [5.74, 6) is 0.304. The van der Waals surface area contributed by atoms with Crippen LogP contribution in [0, 0.1) is 5.82 Å². The smallest absolute Gasteiger partial charge is 0.247 e. The molecule has 28 heavy (non-hydrogen) atoms. The summed E-state index contributed by atoms with van der Waals surface area (Å²) < 4.78 is 29.7. The van der Waals surface area contributed by atoms with Crippen molar-refractivity contribution in [1.29, 1.82) is 0 Å². The highest BCUT2D eigenvalue weighted by Gasteiger charge is 2.33. The fourth-order valence-corrected chi connectivity index (χ4v) is 3.02. The number of anilines is 1. The zero-order valence-corrected chi connectivity index (χ0v) is 15.8. The van der Waals surface area contributed by atoms with Gasteiger partial charge in [-0.3, -0.25) is 9.59 Å². The van der Waals surface area contributed by atoms with Gasteiger partial charge in [0.15, 0.2) is 11.6 Å².